The quantitative estimate of drug-likeness (QED) is 0.591. The number of likely N-dealkylation sites (tertiary alicyclic amines) is 1. The van der Waals surface area contributed by atoms with Crippen molar-refractivity contribution in [3.05, 3.63) is 0 Å². The van der Waals surface area contributed by atoms with Crippen molar-refractivity contribution in [3.8, 4) is 12.3 Å². The molecule has 0 spiro atoms. The van der Waals surface area contributed by atoms with Gasteiger partial charge in [0.25, 0.3) is 0 Å². The molecule has 0 N–H and O–H groups in total. The number of hydrogen-bond donors (Lipinski definition) is 0. The molecule has 2 atom stereocenters. The molecule has 0 aromatic heterocycles. The van der Waals surface area contributed by atoms with Crippen LogP contribution in [0.4, 0.5) is 0 Å². The molecule has 0 aliphatic carbocycles. The highest BCUT2D eigenvalue weighted by Crippen LogP contribution is 2.26. The van der Waals surface area contributed by atoms with Crippen LogP contribution in [-0.2, 0) is 4.79 Å². The number of nitrogens with zero attached hydrogens (tertiary/aromatic N) is 1. The zero-order valence-electron chi connectivity index (χ0n) is 9.50. The topological polar surface area (TPSA) is 20.3 Å². The lowest BCUT2D eigenvalue weighted by Crippen LogP contribution is -2.54. The molecule has 0 bridgehead atoms. The Balaban J connectivity index is 2.82. The first-order valence-electron chi connectivity index (χ1n) is 5.15. The Morgan fingerprint density at radius 2 is 2.07 bits per heavy atom. The zero-order chi connectivity index (χ0) is 10.9. The van der Waals surface area contributed by atoms with E-state index < -0.39 is 0 Å². The number of carbonyl (C=O) groups is 1. The number of ketones is 1. The molecule has 0 unspecified atom stereocenters. The summed E-state index contributed by atoms with van der Waals surface area (Å²) in [4.78, 5) is 13.7. The second-order valence-corrected chi connectivity index (χ2v) is 4.78. The van der Waals surface area contributed by atoms with E-state index in [1.165, 1.54) is 0 Å². The van der Waals surface area contributed by atoms with E-state index in [0.29, 0.717) is 12.2 Å². The summed E-state index contributed by atoms with van der Waals surface area (Å²) in [6, 6.07) is 0.268. The van der Waals surface area contributed by atoms with Crippen LogP contribution in [0.3, 0.4) is 0 Å². The van der Waals surface area contributed by atoms with E-state index in [0.717, 1.165) is 6.54 Å². The van der Waals surface area contributed by atoms with Gasteiger partial charge in [0.1, 0.15) is 5.78 Å². The number of terminal acetylenes is 1. The van der Waals surface area contributed by atoms with Gasteiger partial charge in [0.15, 0.2) is 0 Å². The van der Waals surface area contributed by atoms with Gasteiger partial charge in [0.05, 0.1) is 5.54 Å². The van der Waals surface area contributed by atoms with Gasteiger partial charge in [0, 0.05) is 24.9 Å². The van der Waals surface area contributed by atoms with Crippen molar-refractivity contribution in [2.75, 3.05) is 6.54 Å². The molecule has 1 aliphatic heterocycles. The maximum absolute atomic E-state index is 11.5. The minimum Gasteiger partial charge on any atom is -0.299 e. The monoisotopic (exact) mass is 193 g/mol. The van der Waals surface area contributed by atoms with Crippen molar-refractivity contribution in [2.24, 2.45) is 5.92 Å². The van der Waals surface area contributed by atoms with Gasteiger partial charge >= 0.3 is 0 Å². The van der Waals surface area contributed by atoms with Gasteiger partial charge < -0.3 is 0 Å². The Kier molecular flexibility index (Phi) is 3.01. The molecule has 2 nitrogen and oxygen atoms in total. The van der Waals surface area contributed by atoms with Crippen LogP contribution < -0.4 is 0 Å². The first-order valence-corrected chi connectivity index (χ1v) is 5.15. The molecule has 0 amide bonds. The van der Waals surface area contributed by atoms with Crippen molar-refractivity contribution in [2.45, 2.75) is 45.7 Å². The SMILES string of the molecule is C#CC(C)(C)N1C[C@@H](C)C(=O)C[C@H]1C. The van der Waals surface area contributed by atoms with Crippen molar-refractivity contribution in [1.82, 2.24) is 4.90 Å². The van der Waals surface area contributed by atoms with E-state index in [2.05, 4.69) is 17.7 Å². The smallest absolute Gasteiger partial charge is 0.138 e. The van der Waals surface area contributed by atoms with Crippen molar-refractivity contribution >= 4 is 5.78 Å². The third-order valence-corrected chi connectivity index (χ3v) is 3.12. The highest BCUT2D eigenvalue weighted by Gasteiger charge is 2.36. The van der Waals surface area contributed by atoms with Gasteiger partial charge in [-0.25, -0.2) is 0 Å². The van der Waals surface area contributed by atoms with Gasteiger partial charge in [-0.15, -0.1) is 6.42 Å². The summed E-state index contributed by atoms with van der Waals surface area (Å²) in [6.07, 6.45) is 6.13. The first-order chi connectivity index (χ1) is 6.38. The maximum Gasteiger partial charge on any atom is 0.138 e. The lowest BCUT2D eigenvalue weighted by Gasteiger charge is -2.43. The van der Waals surface area contributed by atoms with E-state index >= 15 is 0 Å². The number of Topliss-reactive ketones (excluding diaryl/α,β-unsaturated/α-hetero) is 1. The summed E-state index contributed by atoms with van der Waals surface area (Å²) in [5, 5.41) is 0. The number of hydrogen-bond acceptors (Lipinski definition) is 2. The fraction of sp³-hybridized carbons (Fsp3) is 0.750. The van der Waals surface area contributed by atoms with Crippen LogP contribution in [0, 0.1) is 18.3 Å². The molecule has 0 aromatic rings. The van der Waals surface area contributed by atoms with E-state index in [9.17, 15) is 4.79 Å². The van der Waals surface area contributed by atoms with E-state index in [1.807, 2.05) is 20.8 Å². The van der Waals surface area contributed by atoms with Crippen LogP contribution in [0.25, 0.3) is 0 Å². The Morgan fingerprint density at radius 3 is 2.57 bits per heavy atom. The third-order valence-electron chi connectivity index (χ3n) is 3.12. The molecule has 0 radical (unpaired) electrons. The molecule has 0 aromatic carbocycles. The average molecular weight is 193 g/mol. The average Bonchev–Trinajstić information content (AvgIpc) is 2.11. The van der Waals surface area contributed by atoms with Crippen LogP contribution in [0.2, 0.25) is 0 Å². The van der Waals surface area contributed by atoms with Crippen molar-refractivity contribution < 1.29 is 4.79 Å². The molecule has 1 saturated heterocycles. The van der Waals surface area contributed by atoms with Gasteiger partial charge in [-0.1, -0.05) is 12.8 Å². The Morgan fingerprint density at radius 1 is 1.50 bits per heavy atom. The standard InChI is InChI=1S/C12H19NO/c1-6-12(4,5)13-8-9(2)11(14)7-10(13)3/h1,9-10H,7-8H2,2-5H3/t9-,10-/m1/s1. The van der Waals surface area contributed by atoms with Crippen LogP contribution in [0.15, 0.2) is 0 Å². The lowest BCUT2D eigenvalue weighted by atomic mass is 9.89. The van der Waals surface area contributed by atoms with Crippen molar-refractivity contribution in [3.63, 3.8) is 0 Å². The third kappa shape index (κ3) is 1.99. The minimum atomic E-state index is -0.242. The van der Waals surface area contributed by atoms with Crippen LogP contribution in [0.5, 0.6) is 0 Å². The van der Waals surface area contributed by atoms with E-state index in [4.69, 9.17) is 6.42 Å². The second kappa shape index (κ2) is 3.74. The largest absolute Gasteiger partial charge is 0.299 e. The molecule has 0 saturated carbocycles. The summed E-state index contributed by atoms with van der Waals surface area (Å²) < 4.78 is 0. The second-order valence-electron chi connectivity index (χ2n) is 4.78. The van der Waals surface area contributed by atoms with Crippen LogP contribution in [-0.4, -0.2) is 28.8 Å². The van der Waals surface area contributed by atoms with Crippen molar-refractivity contribution in [1.29, 1.82) is 0 Å². The number of piperidine rings is 1. The van der Waals surface area contributed by atoms with Gasteiger partial charge in [-0.3, -0.25) is 9.69 Å². The number of rotatable bonds is 1. The maximum atomic E-state index is 11.5. The first kappa shape index (κ1) is 11.3. The molecular weight excluding hydrogens is 174 g/mol. The molecule has 1 rings (SSSR count). The lowest BCUT2D eigenvalue weighted by molar-refractivity contribution is -0.128. The molecular formula is C12H19NO. The minimum absolute atomic E-state index is 0.124. The summed E-state index contributed by atoms with van der Waals surface area (Å²) in [7, 11) is 0. The van der Waals surface area contributed by atoms with Gasteiger partial charge in [-0.2, -0.15) is 0 Å². The Labute approximate surface area is 86.7 Å². The highest BCUT2D eigenvalue weighted by atomic mass is 16.1. The fourth-order valence-corrected chi connectivity index (χ4v) is 2.04. The van der Waals surface area contributed by atoms with E-state index in [1.54, 1.807) is 0 Å². The Hall–Kier alpha value is -0.810. The normalized spacial score (nSPS) is 30.1. The molecule has 1 fully saturated rings. The fourth-order valence-electron chi connectivity index (χ4n) is 2.04. The molecule has 1 heterocycles. The molecule has 14 heavy (non-hydrogen) atoms. The Bertz CT molecular complexity index is 275. The summed E-state index contributed by atoms with van der Waals surface area (Å²) in [5.74, 6) is 3.28. The summed E-state index contributed by atoms with van der Waals surface area (Å²) in [5.41, 5.74) is -0.242. The summed E-state index contributed by atoms with van der Waals surface area (Å²) >= 11 is 0. The molecule has 1 aliphatic rings. The van der Waals surface area contributed by atoms with Gasteiger partial charge in [-0.05, 0) is 20.8 Å². The number of carbonyl (C=O) groups excluding carboxylic acids is 1. The van der Waals surface area contributed by atoms with Crippen LogP contribution in [0.1, 0.15) is 34.1 Å². The highest BCUT2D eigenvalue weighted by molar-refractivity contribution is 5.82. The predicted molar refractivity (Wildman–Crippen MR) is 57.9 cm³/mol. The summed E-state index contributed by atoms with van der Waals surface area (Å²) in [6.45, 7) is 8.91. The zero-order valence-corrected chi connectivity index (χ0v) is 9.50. The van der Waals surface area contributed by atoms with Gasteiger partial charge in [0.2, 0.25) is 0 Å². The van der Waals surface area contributed by atoms with E-state index in [-0.39, 0.29) is 17.5 Å². The molecule has 78 valence electrons. The predicted octanol–water partition coefficient (Wildman–Crippen LogP) is 1.70. The van der Waals surface area contributed by atoms with Crippen LogP contribution >= 0.6 is 0 Å². The molecule has 2 heteroatoms.